The number of aliphatic hydroxyl groups excluding tert-OH is 1. The zero-order chi connectivity index (χ0) is 11.5. The number of ether oxygens (including phenoxy) is 1. The van der Waals surface area contributed by atoms with Gasteiger partial charge in [-0.15, -0.1) is 0 Å². The second-order valence-electron chi connectivity index (χ2n) is 4.30. The van der Waals surface area contributed by atoms with E-state index in [0.717, 1.165) is 45.6 Å². The maximum Gasteiger partial charge on any atom is 0.0469 e. The molecule has 0 amide bonds. The van der Waals surface area contributed by atoms with Gasteiger partial charge < -0.3 is 15.2 Å². The van der Waals surface area contributed by atoms with Gasteiger partial charge in [-0.3, -0.25) is 0 Å². The van der Waals surface area contributed by atoms with Crippen LogP contribution in [0.1, 0.15) is 38.5 Å². The van der Waals surface area contributed by atoms with E-state index in [9.17, 15) is 0 Å². The van der Waals surface area contributed by atoms with Gasteiger partial charge in [0.25, 0.3) is 0 Å². The van der Waals surface area contributed by atoms with Crippen molar-refractivity contribution in [2.45, 2.75) is 38.5 Å². The summed E-state index contributed by atoms with van der Waals surface area (Å²) in [5.74, 6) is 0. The lowest BCUT2D eigenvalue weighted by molar-refractivity contribution is 0.123. The molecular weight excluding hydrogens is 202 g/mol. The Bertz CT molecular complexity index is 192. The SMILES string of the molecule is OCCCCOCCCC1=CCCNCC1. The highest BCUT2D eigenvalue weighted by atomic mass is 16.5. The van der Waals surface area contributed by atoms with Crippen molar-refractivity contribution in [2.24, 2.45) is 0 Å². The number of hydrogen-bond acceptors (Lipinski definition) is 3. The van der Waals surface area contributed by atoms with Crippen LogP contribution in [0.3, 0.4) is 0 Å². The average molecular weight is 227 g/mol. The van der Waals surface area contributed by atoms with Crippen molar-refractivity contribution in [3.63, 3.8) is 0 Å². The van der Waals surface area contributed by atoms with Gasteiger partial charge in [0.2, 0.25) is 0 Å². The zero-order valence-electron chi connectivity index (χ0n) is 10.2. The minimum atomic E-state index is 0.281. The number of rotatable bonds is 8. The molecule has 1 aliphatic heterocycles. The van der Waals surface area contributed by atoms with Crippen molar-refractivity contribution in [3.8, 4) is 0 Å². The van der Waals surface area contributed by atoms with Gasteiger partial charge in [-0.25, -0.2) is 0 Å². The third-order valence-electron chi connectivity index (χ3n) is 2.86. The summed E-state index contributed by atoms with van der Waals surface area (Å²) in [6.45, 7) is 4.19. The van der Waals surface area contributed by atoms with Crippen LogP contribution >= 0.6 is 0 Å². The van der Waals surface area contributed by atoms with Crippen LogP contribution in [0.25, 0.3) is 0 Å². The number of aliphatic hydroxyl groups is 1. The summed E-state index contributed by atoms with van der Waals surface area (Å²) in [5.41, 5.74) is 1.59. The first-order valence-corrected chi connectivity index (χ1v) is 6.50. The predicted octanol–water partition coefficient (Wildman–Crippen LogP) is 1.87. The standard InChI is InChI=1S/C13H25NO2/c15-10-1-2-11-16-12-4-6-13-5-3-8-14-9-7-13/h5,14-15H,1-4,6-12H2. The molecule has 3 nitrogen and oxygen atoms in total. The molecule has 0 aliphatic carbocycles. The van der Waals surface area contributed by atoms with Crippen LogP contribution in [-0.4, -0.2) is 38.0 Å². The van der Waals surface area contributed by atoms with Crippen molar-refractivity contribution in [3.05, 3.63) is 11.6 Å². The summed E-state index contributed by atoms with van der Waals surface area (Å²) in [5, 5.41) is 12.0. The molecule has 0 aromatic carbocycles. The van der Waals surface area contributed by atoms with Crippen molar-refractivity contribution in [1.82, 2.24) is 5.32 Å². The second-order valence-corrected chi connectivity index (χ2v) is 4.30. The second kappa shape index (κ2) is 9.82. The molecule has 0 fully saturated rings. The van der Waals surface area contributed by atoms with Gasteiger partial charge in [-0.05, 0) is 51.6 Å². The van der Waals surface area contributed by atoms with Gasteiger partial charge >= 0.3 is 0 Å². The molecule has 1 heterocycles. The minimum absolute atomic E-state index is 0.281. The topological polar surface area (TPSA) is 41.5 Å². The van der Waals surface area contributed by atoms with Crippen LogP contribution in [-0.2, 0) is 4.74 Å². The number of nitrogens with one attached hydrogen (secondary N) is 1. The maximum atomic E-state index is 8.60. The molecule has 94 valence electrons. The molecule has 0 atom stereocenters. The molecule has 0 spiro atoms. The molecule has 0 radical (unpaired) electrons. The molecule has 2 N–H and O–H groups in total. The van der Waals surface area contributed by atoms with E-state index >= 15 is 0 Å². The van der Waals surface area contributed by atoms with E-state index in [-0.39, 0.29) is 6.61 Å². The molecule has 16 heavy (non-hydrogen) atoms. The fraction of sp³-hybridized carbons (Fsp3) is 0.846. The Morgan fingerprint density at radius 3 is 2.94 bits per heavy atom. The Balaban J connectivity index is 1.91. The average Bonchev–Trinajstić information content (AvgIpc) is 2.56. The van der Waals surface area contributed by atoms with Gasteiger partial charge in [0.05, 0.1) is 0 Å². The zero-order valence-corrected chi connectivity index (χ0v) is 10.2. The Morgan fingerprint density at radius 2 is 2.06 bits per heavy atom. The normalized spacial score (nSPS) is 16.9. The molecule has 0 unspecified atom stereocenters. The van der Waals surface area contributed by atoms with Crippen LogP contribution in [0.5, 0.6) is 0 Å². The lowest BCUT2D eigenvalue weighted by Crippen LogP contribution is -2.14. The minimum Gasteiger partial charge on any atom is -0.396 e. The van der Waals surface area contributed by atoms with E-state index in [1.807, 2.05) is 0 Å². The number of hydrogen-bond donors (Lipinski definition) is 2. The van der Waals surface area contributed by atoms with E-state index < -0.39 is 0 Å². The highest BCUT2D eigenvalue weighted by molar-refractivity contribution is 5.04. The molecule has 0 saturated heterocycles. The van der Waals surface area contributed by atoms with Gasteiger partial charge in [0, 0.05) is 19.8 Å². The monoisotopic (exact) mass is 227 g/mol. The summed E-state index contributed by atoms with van der Waals surface area (Å²) < 4.78 is 5.50. The van der Waals surface area contributed by atoms with Crippen molar-refractivity contribution >= 4 is 0 Å². The van der Waals surface area contributed by atoms with E-state index in [2.05, 4.69) is 11.4 Å². The molecule has 0 bridgehead atoms. The third-order valence-corrected chi connectivity index (χ3v) is 2.86. The molecule has 0 aromatic heterocycles. The lowest BCUT2D eigenvalue weighted by Gasteiger charge is -2.06. The van der Waals surface area contributed by atoms with E-state index in [1.54, 1.807) is 5.57 Å². The van der Waals surface area contributed by atoms with Crippen LogP contribution in [0.15, 0.2) is 11.6 Å². The van der Waals surface area contributed by atoms with Crippen LogP contribution in [0.2, 0.25) is 0 Å². The van der Waals surface area contributed by atoms with E-state index in [4.69, 9.17) is 9.84 Å². The van der Waals surface area contributed by atoms with Gasteiger partial charge in [0.1, 0.15) is 0 Å². The first kappa shape index (κ1) is 13.7. The van der Waals surface area contributed by atoms with Crippen molar-refractivity contribution in [2.75, 3.05) is 32.9 Å². The Morgan fingerprint density at radius 1 is 1.19 bits per heavy atom. The van der Waals surface area contributed by atoms with E-state index in [1.165, 1.54) is 19.3 Å². The van der Waals surface area contributed by atoms with Crippen LogP contribution in [0, 0.1) is 0 Å². The summed E-state index contributed by atoms with van der Waals surface area (Å²) in [7, 11) is 0. The highest BCUT2D eigenvalue weighted by Gasteiger charge is 2.01. The smallest absolute Gasteiger partial charge is 0.0469 e. The molecule has 0 saturated carbocycles. The highest BCUT2D eigenvalue weighted by Crippen LogP contribution is 2.12. The summed E-state index contributed by atoms with van der Waals surface area (Å²) in [6, 6.07) is 0. The molecule has 1 aliphatic rings. The summed E-state index contributed by atoms with van der Waals surface area (Å²) in [4.78, 5) is 0. The summed E-state index contributed by atoms with van der Waals surface area (Å²) >= 11 is 0. The van der Waals surface area contributed by atoms with Gasteiger partial charge in [-0.2, -0.15) is 0 Å². The lowest BCUT2D eigenvalue weighted by atomic mass is 10.1. The van der Waals surface area contributed by atoms with Crippen molar-refractivity contribution < 1.29 is 9.84 Å². The quantitative estimate of drug-likeness (QED) is 0.491. The van der Waals surface area contributed by atoms with Gasteiger partial charge in [-0.1, -0.05) is 11.6 Å². The molecule has 0 aromatic rings. The fourth-order valence-electron chi connectivity index (χ4n) is 1.90. The summed E-state index contributed by atoms with van der Waals surface area (Å²) in [6.07, 6.45) is 8.90. The first-order chi connectivity index (χ1) is 7.93. The first-order valence-electron chi connectivity index (χ1n) is 6.50. The third kappa shape index (κ3) is 6.99. The Labute approximate surface area is 98.9 Å². The molecule has 3 heteroatoms. The maximum absolute atomic E-state index is 8.60. The Hall–Kier alpha value is -0.380. The van der Waals surface area contributed by atoms with E-state index in [0.29, 0.717) is 0 Å². The van der Waals surface area contributed by atoms with Gasteiger partial charge in [0.15, 0.2) is 0 Å². The molecular formula is C13H25NO2. The molecule has 1 rings (SSSR count). The van der Waals surface area contributed by atoms with Crippen LogP contribution in [0.4, 0.5) is 0 Å². The largest absolute Gasteiger partial charge is 0.396 e. The van der Waals surface area contributed by atoms with Crippen LogP contribution < -0.4 is 5.32 Å². The predicted molar refractivity (Wildman–Crippen MR) is 66.6 cm³/mol. The Kier molecular flexibility index (Phi) is 8.40. The fourth-order valence-corrected chi connectivity index (χ4v) is 1.90. The van der Waals surface area contributed by atoms with Crippen molar-refractivity contribution in [1.29, 1.82) is 0 Å². The number of unbranched alkanes of at least 4 members (excludes halogenated alkanes) is 1.